The highest BCUT2D eigenvalue weighted by Crippen LogP contribution is 2.16. The van der Waals surface area contributed by atoms with Crippen LogP contribution in [0.15, 0.2) is 24.3 Å². The molecule has 0 radical (unpaired) electrons. The summed E-state index contributed by atoms with van der Waals surface area (Å²) in [7, 11) is 1.63. The van der Waals surface area contributed by atoms with Gasteiger partial charge in [-0.1, -0.05) is 0 Å². The minimum Gasteiger partial charge on any atom is -0.479 e. The van der Waals surface area contributed by atoms with Crippen LogP contribution in [0.5, 0.6) is 5.75 Å². The van der Waals surface area contributed by atoms with Crippen molar-refractivity contribution >= 4 is 11.6 Å². The average molecular weight is 262 g/mol. The summed E-state index contributed by atoms with van der Waals surface area (Å²) in [5, 5.41) is 11.2. The molecular formula is C14H18N2O3. The molecular weight excluding hydrogens is 244 g/mol. The Hall–Kier alpha value is -2.06. The van der Waals surface area contributed by atoms with Gasteiger partial charge in [-0.05, 0) is 37.6 Å². The van der Waals surface area contributed by atoms with Crippen LogP contribution in [0.2, 0.25) is 0 Å². The molecule has 0 saturated carbocycles. The summed E-state index contributed by atoms with van der Waals surface area (Å²) < 4.78 is 10.2. The molecule has 0 aliphatic heterocycles. The number of nitrogens with zero attached hydrogens (tertiary/aromatic N) is 1. The molecule has 5 nitrogen and oxygen atoms in total. The van der Waals surface area contributed by atoms with Gasteiger partial charge < -0.3 is 14.8 Å². The molecule has 1 atom stereocenters. The Morgan fingerprint density at radius 3 is 2.68 bits per heavy atom. The van der Waals surface area contributed by atoms with E-state index in [9.17, 15) is 4.79 Å². The number of hydrogen-bond donors (Lipinski definition) is 1. The van der Waals surface area contributed by atoms with Gasteiger partial charge in [-0.2, -0.15) is 5.26 Å². The largest absolute Gasteiger partial charge is 0.479 e. The van der Waals surface area contributed by atoms with E-state index in [-0.39, 0.29) is 18.6 Å². The SMILES string of the molecule is COC(C)CCC(=O)Nc1ccc(OCC#N)cc1. The number of rotatable bonds is 7. The van der Waals surface area contributed by atoms with E-state index in [1.54, 1.807) is 31.4 Å². The number of carbonyl (C=O) groups is 1. The van der Waals surface area contributed by atoms with Crippen LogP contribution >= 0.6 is 0 Å². The monoisotopic (exact) mass is 262 g/mol. The van der Waals surface area contributed by atoms with E-state index in [0.717, 1.165) is 0 Å². The molecule has 0 saturated heterocycles. The van der Waals surface area contributed by atoms with Crippen molar-refractivity contribution in [2.45, 2.75) is 25.9 Å². The maximum atomic E-state index is 11.6. The van der Waals surface area contributed by atoms with E-state index in [1.165, 1.54) is 0 Å². The van der Waals surface area contributed by atoms with Gasteiger partial charge in [0.15, 0.2) is 6.61 Å². The standard InChI is InChI=1S/C14H18N2O3/c1-11(18-2)3-8-14(17)16-12-4-6-13(7-5-12)19-10-9-15/h4-7,11H,3,8,10H2,1-2H3,(H,16,17). The summed E-state index contributed by atoms with van der Waals surface area (Å²) >= 11 is 0. The number of benzene rings is 1. The number of anilines is 1. The van der Waals surface area contributed by atoms with Crippen LogP contribution in [-0.4, -0.2) is 25.7 Å². The van der Waals surface area contributed by atoms with E-state index in [2.05, 4.69) is 5.32 Å². The average Bonchev–Trinajstić information content (AvgIpc) is 2.44. The van der Waals surface area contributed by atoms with E-state index in [4.69, 9.17) is 14.7 Å². The number of ether oxygens (including phenoxy) is 2. The highest BCUT2D eigenvalue weighted by molar-refractivity contribution is 5.90. The lowest BCUT2D eigenvalue weighted by Gasteiger charge is -2.09. The van der Waals surface area contributed by atoms with Gasteiger partial charge in [0, 0.05) is 19.2 Å². The van der Waals surface area contributed by atoms with Gasteiger partial charge in [-0.25, -0.2) is 0 Å². The molecule has 1 amide bonds. The molecule has 0 spiro atoms. The normalized spacial score (nSPS) is 11.4. The molecule has 0 bridgehead atoms. The molecule has 5 heteroatoms. The quantitative estimate of drug-likeness (QED) is 0.818. The number of methoxy groups -OCH3 is 1. The van der Waals surface area contributed by atoms with Crippen molar-refractivity contribution in [1.82, 2.24) is 0 Å². The van der Waals surface area contributed by atoms with Gasteiger partial charge in [-0.15, -0.1) is 0 Å². The smallest absolute Gasteiger partial charge is 0.224 e. The molecule has 0 fully saturated rings. The Kier molecular flexibility index (Phi) is 6.41. The van der Waals surface area contributed by atoms with Crippen molar-refractivity contribution in [2.75, 3.05) is 19.0 Å². The molecule has 0 aliphatic carbocycles. The molecule has 1 aromatic carbocycles. The van der Waals surface area contributed by atoms with Crippen molar-refractivity contribution < 1.29 is 14.3 Å². The third-order valence-electron chi connectivity index (χ3n) is 2.62. The van der Waals surface area contributed by atoms with Crippen LogP contribution in [0.25, 0.3) is 0 Å². The Labute approximate surface area is 113 Å². The summed E-state index contributed by atoms with van der Waals surface area (Å²) in [4.78, 5) is 11.6. The van der Waals surface area contributed by atoms with Crippen LogP contribution in [0.4, 0.5) is 5.69 Å². The zero-order chi connectivity index (χ0) is 14.1. The molecule has 0 aromatic heterocycles. The molecule has 0 aliphatic rings. The first kappa shape index (κ1) is 15.0. The third kappa shape index (κ3) is 5.89. The first-order valence-electron chi connectivity index (χ1n) is 6.08. The lowest BCUT2D eigenvalue weighted by atomic mass is 10.2. The topological polar surface area (TPSA) is 71.3 Å². The summed E-state index contributed by atoms with van der Waals surface area (Å²) in [6, 6.07) is 8.80. The van der Waals surface area contributed by atoms with E-state index in [1.807, 2.05) is 13.0 Å². The third-order valence-corrected chi connectivity index (χ3v) is 2.62. The lowest BCUT2D eigenvalue weighted by Crippen LogP contribution is -2.15. The number of nitriles is 1. The second-order valence-corrected chi connectivity index (χ2v) is 4.10. The maximum absolute atomic E-state index is 11.6. The van der Waals surface area contributed by atoms with Crippen LogP contribution < -0.4 is 10.1 Å². The molecule has 1 rings (SSSR count). The lowest BCUT2D eigenvalue weighted by molar-refractivity contribution is -0.116. The second kappa shape index (κ2) is 8.11. The van der Waals surface area contributed by atoms with Crippen LogP contribution in [0.3, 0.4) is 0 Å². The maximum Gasteiger partial charge on any atom is 0.224 e. The minimum atomic E-state index is -0.0467. The summed E-state index contributed by atoms with van der Waals surface area (Å²) in [6.45, 7) is 1.94. The zero-order valence-electron chi connectivity index (χ0n) is 11.2. The Bertz CT molecular complexity index is 437. The summed E-state index contributed by atoms with van der Waals surface area (Å²) in [6.07, 6.45) is 1.18. The molecule has 102 valence electrons. The molecule has 1 aromatic rings. The number of nitrogens with one attached hydrogen (secondary N) is 1. The second-order valence-electron chi connectivity index (χ2n) is 4.10. The highest BCUT2D eigenvalue weighted by atomic mass is 16.5. The first-order valence-corrected chi connectivity index (χ1v) is 6.08. The van der Waals surface area contributed by atoms with Crippen molar-refractivity contribution in [3.8, 4) is 11.8 Å². The Morgan fingerprint density at radius 1 is 1.42 bits per heavy atom. The van der Waals surface area contributed by atoms with Crippen molar-refractivity contribution in [1.29, 1.82) is 5.26 Å². The predicted octanol–water partition coefficient (Wildman–Crippen LogP) is 2.34. The van der Waals surface area contributed by atoms with E-state index < -0.39 is 0 Å². The highest BCUT2D eigenvalue weighted by Gasteiger charge is 2.06. The molecule has 1 unspecified atom stereocenters. The summed E-state index contributed by atoms with van der Waals surface area (Å²) in [5.74, 6) is 0.558. The zero-order valence-corrected chi connectivity index (χ0v) is 11.2. The molecule has 1 N–H and O–H groups in total. The van der Waals surface area contributed by atoms with Gasteiger partial charge in [0.05, 0.1) is 6.10 Å². The number of carbonyl (C=O) groups excluding carboxylic acids is 1. The van der Waals surface area contributed by atoms with Crippen LogP contribution in [0, 0.1) is 11.3 Å². The fourth-order valence-corrected chi connectivity index (χ4v) is 1.43. The minimum absolute atomic E-state index is 0.0145. The van der Waals surface area contributed by atoms with Gasteiger partial charge in [0.2, 0.25) is 5.91 Å². The van der Waals surface area contributed by atoms with Gasteiger partial charge in [0.1, 0.15) is 11.8 Å². The number of hydrogen-bond acceptors (Lipinski definition) is 4. The Balaban J connectivity index is 2.40. The summed E-state index contributed by atoms with van der Waals surface area (Å²) in [5.41, 5.74) is 0.708. The van der Waals surface area contributed by atoms with Gasteiger partial charge >= 0.3 is 0 Å². The predicted molar refractivity (Wildman–Crippen MR) is 71.9 cm³/mol. The molecule has 0 heterocycles. The van der Waals surface area contributed by atoms with Gasteiger partial charge in [-0.3, -0.25) is 4.79 Å². The fourth-order valence-electron chi connectivity index (χ4n) is 1.43. The molecule has 19 heavy (non-hydrogen) atoms. The van der Waals surface area contributed by atoms with Crippen molar-refractivity contribution in [3.05, 3.63) is 24.3 Å². The van der Waals surface area contributed by atoms with E-state index in [0.29, 0.717) is 24.3 Å². The Morgan fingerprint density at radius 2 is 2.11 bits per heavy atom. The number of amides is 1. The first-order chi connectivity index (χ1) is 9.15. The fraction of sp³-hybridized carbons (Fsp3) is 0.429. The van der Waals surface area contributed by atoms with Crippen LogP contribution in [-0.2, 0) is 9.53 Å². The van der Waals surface area contributed by atoms with Gasteiger partial charge in [0.25, 0.3) is 0 Å². The van der Waals surface area contributed by atoms with E-state index >= 15 is 0 Å². The van der Waals surface area contributed by atoms with Crippen molar-refractivity contribution in [3.63, 3.8) is 0 Å². The van der Waals surface area contributed by atoms with Crippen molar-refractivity contribution in [2.24, 2.45) is 0 Å². The van der Waals surface area contributed by atoms with Crippen LogP contribution in [0.1, 0.15) is 19.8 Å².